The summed E-state index contributed by atoms with van der Waals surface area (Å²) in [4.78, 5) is 12.7. The topological polar surface area (TPSA) is 75.7 Å². The number of hydrogen-bond acceptors (Lipinski definition) is 4. The van der Waals surface area contributed by atoms with Crippen LogP contribution in [0.3, 0.4) is 0 Å². The van der Waals surface area contributed by atoms with Crippen molar-refractivity contribution >= 4 is 50.5 Å². The molecule has 0 aliphatic rings. The van der Waals surface area contributed by atoms with Crippen LogP contribution in [0, 0.1) is 0 Å². The molecule has 30 heavy (non-hydrogen) atoms. The number of halogens is 2. The monoisotopic (exact) mass is 464 g/mol. The molecular formula is C21H18Cl2N2O4S. The number of sulfonamides is 1. The number of anilines is 2. The van der Waals surface area contributed by atoms with Gasteiger partial charge in [-0.2, -0.15) is 0 Å². The van der Waals surface area contributed by atoms with E-state index in [1.807, 2.05) is 0 Å². The average molecular weight is 465 g/mol. The minimum Gasteiger partial charge on any atom is -0.497 e. The van der Waals surface area contributed by atoms with Gasteiger partial charge >= 0.3 is 0 Å². The van der Waals surface area contributed by atoms with Gasteiger partial charge in [-0.05, 0) is 54.6 Å². The van der Waals surface area contributed by atoms with Gasteiger partial charge in [0.15, 0.2) is 0 Å². The van der Waals surface area contributed by atoms with Crippen LogP contribution in [0.4, 0.5) is 11.4 Å². The molecule has 0 bridgehead atoms. The van der Waals surface area contributed by atoms with Crippen molar-refractivity contribution in [2.24, 2.45) is 0 Å². The standard InChI is InChI=1S/C21H18Cl2N2O4S/c1-29-17-9-11-18(12-10-17)30(27,28)25(16-6-4-5-15(22)13-16)14-21(26)24-20-8-3-2-7-19(20)23/h2-13H,14H2,1H3,(H,24,26). The first-order valence-corrected chi connectivity index (χ1v) is 11.0. The van der Waals surface area contributed by atoms with E-state index in [0.29, 0.717) is 21.5 Å². The SMILES string of the molecule is COc1ccc(S(=O)(=O)N(CC(=O)Nc2ccccc2Cl)c2cccc(Cl)c2)cc1. The lowest BCUT2D eigenvalue weighted by Crippen LogP contribution is -2.38. The summed E-state index contributed by atoms with van der Waals surface area (Å²) in [6.45, 7) is -0.472. The second kappa shape index (κ2) is 9.38. The molecule has 0 aromatic heterocycles. The van der Waals surface area contributed by atoms with E-state index in [9.17, 15) is 13.2 Å². The number of nitrogens with one attached hydrogen (secondary N) is 1. The molecule has 0 atom stereocenters. The summed E-state index contributed by atoms with van der Waals surface area (Å²) in [5.74, 6) is -0.0418. The van der Waals surface area contributed by atoms with E-state index < -0.39 is 22.5 Å². The number of amides is 1. The number of benzene rings is 3. The molecule has 9 heteroatoms. The fraction of sp³-hybridized carbons (Fsp3) is 0.0952. The molecule has 3 aromatic rings. The quantitative estimate of drug-likeness (QED) is 0.542. The summed E-state index contributed by atoms with van der Waals surface area (Å²) >= 11 is 12.1. The van der Waals surface area contributed by atoms with E-state index in [-0.39, 0.29) is 10.6 Å². The Balaban J connectivity index is 1.96. The Kier molecular flexibility index (Phi) is 6.87. The third kappa shape index (κ3) is 5.05. The summed E-state index contributed by atoms with van der Waals surface area (Å²) in [5, 5.41) is 3.32. The highest BCUT2D eigenvalue weighted by atomic mass is 35.5. The van der Waals surface area contributed by atoms with Gasteiger partial charge in [-0.25, -0.2) is 8.42 Å². The Morgan fingerprint density at radius 1 is 1.00 bits per heavy atom. The molecule has 0 unspecified atom stereocenters. The van der Waals surface area contributed by atoms with Crippen molar-refractivity contribution in [3.63, 3.8) is 0 Å². The first-order chi connectivity index (χ1) is 14.3. The van der Waals surface area contributed by atoms with Crippen LogP contribution >= 0.6 is 23.2 Å². The van der Waals surface area contributed by atoms with Crippen LogP contribution in [0.25, 0.3) is 0 Å². The Morgan fingerprint density at radius 2 is 1.70 bits per heavy atom. The minimum atomic E-state index is -4.07. The summed E-state index contributed by atoms with van der Waals surface area (Å²) in [5.41, 5.74) is 0.643. The van der Waals surface area contributed by atoms with Crippen molar-refractivity contribution in [2.75, 3.05) is 23.3 Å². The van der Waals surface area contributed by atoms with Gasteiger partial charge in [0, 0.05) is 5.02 Å². The molecule has 0 aliphatic heterocycles. The molecule has 6 nitrogen and oxygen atoms in total. The third-order valence-electron chi connectivity index (χ3n) is 4.18. The number of methoxy groups -OCH3 is 1. The summed E-state index contributed by atoms with van der Waals surface area (Å²) in [6.07, 6.45) is 0. The maximum atomic E-state index is 13.3. The van der Waals surface area contributed by atoms with Crippen LogP contribution in [0.15, 0.2) is 77.7 Å². The number of rotatable bonds is 7. The lowest BCUT2D eigenvalue weighted by atomic mass is 10.3. The van der Waals surface area contributed by atoms with Crippen LogP contribution in [0.2, 0.25) is 10.0 Å². The smallest absolute Gasteiger partial charge is 0.264 e. The molecule has 0 heterocycles. The molecule has 0 aliphatic carbocycles. The Bertz CT molecular complexity index is 1150. The molecule has 0 saturated carbocycles. The zero-order valence-corrected chi connectivity index (χ0v) is 18.2. The predicted octanol–water partition coefficient (Wildman–Crippen LogP) is 4.84. The number of hydrogen-bond donors (Lipinski definition) is 1. The van der Waals surface area contributed by atoms with E-state index in [1.165, 1.54) is 37.4 Å². The zero-order valence-electron chi connectivity index (χ0n) is 15.9. The Morgan fingerprint density at radius 3 is 2.33 bits per heavy atom. The lowest BCUT2D eigenvalue weighted by Gasteiger charge is -2.24. The van der Waals surface area contributed by atoms with Gasteiger partial charge in [0.2, 0.25) is 5.91 Å². The Labute approximate surface area is 185 Å². The number of ether oxygens (including phenoxy) is 1. The Hall–Kier alpha value is -2.74. The van der Waals surface area contributed by atoms with Crippen molar-refractivity contribution in [1.29, 1.82) is 0 Å². The fourth-order valence-corrected chi connectivity index (χ4v) is 4.48. The second-order valence-electron chi connectivity index (χ2n) is 6.20. The maximum absolute atomic E-state index is 13.3. The fourth-order valence-electron chi connectivity index (χ4n) is 2.70. The van der Waals surface area contributed by atoms with Crippen molar-refractivity contribution in [2.45, 2.75) is 4.90 Å². The first-order valence-electron chi connectivity index (χ1n) is 8.78. The largest absolute Gasteiger partial charge is 0.497 e. The molecule has 156 valence electrons. The number of para-hydroxylation sites is 1. The molecule has 1 amide bonds. The van der Waals surface area contributed by atoms with Crippen molar-refractivity contribution < 1.29 is 17.9 Å². The van der Waals surface area contributed by atoms with E-state index in [1.54, 1.807) is 42.5 Å². The van der Waals surface area contributed by atoms with Gasteiger partial charge in [-0.1, -0.05) is 41.4 Å². The highest BCUT2D eigenvalue weighted by Crippen LogP contribution is 2.27. The number of nitrogens with zero attached hydrogens (tertiary/aromatic N) is 1. The molecule has 0 radical (unpaired) electrons. The van der Waals surface area contributed by atoms with Crippen molar-refractivity contribution in [3.8, 4) is 5.75 Å². The minimum absolute atomic E-state index is 0.00817. The van der Waals surface area contributed by atoms with E-state index in [2.05, 4.69) is 5.32 Å². The van der Waals surface area contributed by atoms with Gasteiger partial charge in [-0.15, -0.1) is 0 Å². The normalized spacial score (nSPS) is 11.0. The predicted molar refractivity (Wildman–Crippen MR) is 119 cm³/mol. The van der Waals surface area contributed by atoms with Crippen LogP contribution in [-0.2, 0) is 14.8 Å². The van der Waals surface area contributed by atoms with Crippen LogP contribution in [0.1, 0.15) is 0 Å². The van der Waals surface area contributed by atoms with Crippen LogP contribution < -0.4 is 14.4 Å². The summed E-state index contributed by atoms with van der Waals surface area (Å²) in [7, 11) is -2.58. The van der Waals surface area contributed by atoms with Gasteiger partial charge in [-0.3, -0.25) is 9.10 Å². The second-order valence-corrected chi connectivity index (χ2v) is 8.90. The molecule has 3 aromatic carbocycles. The third-order valence-corrected chi connectivity index (χ3v) is 6.53. The zero-order chi connectivity index (χ0) is 21.7. The van der Waals surface area contributed by atoms with E-state index >= 15 is 0 Å². The highest BCUT2D eigenvalue weighted by Gasteiger charge is 2.27. The number of carbonyl (C=O) groups is 1. The molecule has 1 N–H and O–H groups in total. The maximum Gasteiger partial charge on any atom is 0.264 e. The van der Waals surface area contributed by atoms with Gasteiger partial charge in [0.25, 0.3) is 10.0 Å². The molecular weight excluding hydrogens is 447 g/mol. The highest BCUT2D eigenvalue weighted by molar-refractivity contribution is 7.92. The molecule has 0 spiro atoms. The number of carbonyl (C=O) groups excluding carboxylic acids is 1. The van der Waals surface area contributed by atoms with Gasteiger partial charge in [0.1, 0.15) is 12.3 Å². The van der Waals surface area contributed by atoms with Crippen molar-refractivity contribution in [3.05, 3.63) is 82.8 Å². The average Bonchev–Trinajstić information content (AvgIpc) is 2.73. The van der Waals surface area contributed by atoms with Crippen molar-refractivity contribution in [1.82, 2.24) is 0 Å². The van der Waals surface area contributed by atoms with Crippen LogP contribution in [0.5, 0.6) is 5.75 Å². The lowest BCUT2D eigenvalue weighted by molar-refractivity contribution is -0.114. The molecule has 3 rings (SSSR count). The van der Waals surface area contributed by atoms with Crippen LogP contribution in [-0.4, -0.2) is 28.0 Å². The van der Waals surface area contributed by atoms with Gasteiger partial charge < -0.3 is 10.1 Å². The van der Waals surface area contributed by atoms with E-state index in [4.69, 9.17) is 27.9 Å². The summed E-state index contributed by atoms with van der Waals surface area (Å²) < 4.78 is 32.7. The van der Waals surface area contributed by atoms with E-state index in [0.717, 1.165) is 4.31 Å². The molecule has 0 fully saturated rings. The first kappa shape index (κ1) is 22.0. The van der Waals surface area contributed by atoms with Gasteiger partial charge in [0.05, 0.1) is 28.4 Å². The summed E-state index contributed by atoms with van der Waals surface area (Å²) in [6, 6.07) is 18.9. The molecule has 0 saturated heterocycles.